The van der Waals surface area contributed by atoms with Crippen LogP contribution in [0.25, 0.3) is 0 Å². The van der Waals surface area contributed by atoms with Crippen molar-refractivity contribution in [3.63, 3.8) is 0 Å². The van der Waals surface area contributed by atoms with Gasteiger partial charge in [-0.1, -0.05) is 0 Å². The smallest absolute Gasteiger partial charge is 0 e. The first-order valence-electron chi connectivity index (χ1n) is 0. The molecule has 0 heterocycles. The second-order valence-electron chi connectivity index (χ2n) is 0. The zero-order valence-corrected chi connectivity index (χ0v) is 30.2. The van der Waals surface area contributed by atoms with Crippen molar-refractivity contribution >= 4 is 207 Å². The van der Waals surface area contributed by atoms with Crippen LogP contribution in [0.4, 0.5) is 0 Å². The summed E-state index contributed by atoms with van der Waals surface area (Å²) in [7, 11) is 0. The van der Waals surface area contributed by atoms with E-state index in [9.17, 15) is 0 Å². The topological polar surface area (TPSA) is 0 Å². The zero-order chi connectivity index (χ0) is 0. The van der Waals surface area contributed by atoms with E-state index >= 15 is 0 Å². The van der Waals surface area contributed by atoms with Gasteiger partial charge in [0.15, 0.2) is 0 Å². The van der Waals surface area contributed by atoms with Crippen LogP contribution in [0.5, 0.6) is 0 Å². The zero-order valence-electron chi connectivity index (χ0n) is 3.54. The fourth-order valence-corrected chi connectivity index (χ4v) is 0. The Balaban J connectivity index is 0. The Kier molecular flexibility index (Phi) is 367. The molecule has 21 radical (unpaired) electrons. The van der Waals surface area contributed by atoms with Gasteiger partial charge < -0.3 is 0 Å². The van der Waals surface area contributed by atoms with Crippen LogP contribution in [0.15, 0.2) is 0 Å². The average molecular weight is 1590 g/mol. The summed E-state index contributed by atoms with van der Waals surface area (Å²) >= 11 is 0. The molecule has 0 aromatic carbocycles. The van der Waals surface area contributed by atoms with E-state index in [1.54, 1.807) is 0 Å². The molecule has 0 N–H and O–H groups in total. The molecule has 0 aliphatic rings. The average Bonchev–Trinajstić information content (AvgIpc) is 0. The summed E-state index contributed by atoms with van der Waals surface area (Å²) in [5.41, 5.74) is 0. The predicted octanol–water partition coefficient (Wildman–Crippen LogP) is -2.05. The molecule has 0 aliphatic heterocycles. The Labute approximate surface area is 201 Å². The van der Waals surface area contributed by atoms with Gasteiger partial charge in [-0.15, -0.1) is 24.0 Å². The minimum Gasteiger partial charge on any atom is -0.107 e. The molecule has 0 bridgehead atoms. The molecule has 0 unspecified atom stereocenters. The predicted molar refractivity (Wildman–Crippen MR) is 55.7 cm³/mol. The van der Waals surface area contributed by atoms with Crippen molar-refractivity contribution in [2.75, 3.05) is 0 Å². The van der Waals surface area contributed by atoms with Crippen molar-refractivity contribution in [1.29, 1.82) is 0 Å². The van der Waals surface area contributed by atoms with Gasteiger partial charge >= 0.3 is 0 Å². The quantitative estimate of drug-likeness (QED) is 0.194. The Hall–Kier alpha value is 6.91. The first-order chi connectivity index (χ1) is 0. The van der Waals surface area contributed by atoms with E-state index in [0.717, 1.165) is 0 Å². The van der Waals surface area contributed by atoms with E-state index in [1.807, 2.05) is 0 Å². The number of halogens is 1. The van der Waals surface area contributed by atoms with Crippen LogP contribution in [0.2, 0.25) is 0 Å². The van der Waals surface area contributed by atoms with Crippen LogP contribution in [0, 0.1) is 0 Å². The molecule has 0 nitrogen and oxygen atoms in total. The fourth-order valence-electron chi connectivity index (χ4n) is 0. The summed E-state index contributed by atoms with van der Waals surface area (Å²) in [5, 5.41) is 0. The van der Waals surface area contributed by atoms with Crippen molar-refractivity contribution in [3.8, 4) is 0 Å². The molecule has 0 aromatic heterocycles. The van der Waals surface area contributed by atoms with Gasteiger partial charge in [-0.3, -0.25) is 0 Å². The summed E-state index contributed by atoms with van der Waals surface area (Å²) < 4.78 is 0. The van der Waals surface area contributed by atoms with Crippen LogP contribution in [0.1, 0.15) is 0 Å². The molecule has 8 heteroatoms. The first-order valence-corrected chi connectivity index (χ1v) is 0. The monoisotopic (exact) mass is 1590 g/mol. The number of hydrogen-bond acceptors (Lipinski definition) is 0. The molecule has 0 aromatic rings. The third-order valence-corrected chi connectivity index (χ3v) is 0. The van der Waals surface area contributed by atoms with E-state index in [1.165, 1.54) is 0 Å². The van der Waals surface area contributed by atoms with E-state index in [0.29, 0.717) is 0 Å². The van der Waals surface area contributed by atoms with Crippen molar-refractivity contribution in [2.45, 2.75) is 0 Å². The Bertz CT molecular complexity index is 4.35. The molecule has 0 amide bonds. The Morgan fingerprint density at radius 3 is 0.250 bits per heavy atom. The van der Waals surface area contributed by atoms with Gasteiger partial charge in [0.1, 0.15) is 0 Å². The minimum absolute atomic E-state index is 0. The maximum atomic E-state index is 0. The SMILES string of the molecule is I.[Bi].[Bi].[Bi].[Bi].[Bi].[Bi].[Bi]. The Morgan fingerprint density at radius 2 is 0.250 bits per heavy atom. The first kappa shape index (κ1) is 60.4. The van der Waals surface area contributed by atoms with Crippen LogP contribution in [-0.2, 0) is 0 Å². The van der Waals surface area contributed by atoms with Crippen LogP contribution >= 0.6 is 24.0 Å². The second-order valence-corrected chi connectivity index (χ2v) is 0. The van der Waals surface area contributed by atoms with Crippen LogP contribution in [0.3, 0.4) is 0 Å². The van der Waals surface area contributed by atoms with Crippen LogP contribution < -0.4 is 0 Å². The third kappa shape index (κ3) is 38.3. The minimum atomic E-state index is 0. The summed E-state index contributed by atoms with van der Waals surface area (Å²) in [6.45, 7) is 0. The molecule has 43 valence electrons. The number of rotatable bonds is 0. The van der Waals surface area contributed by atoms with E-state index in [2.05, 4.69) is 0 Å². The molecular formula is HBi7I. The summed E-state index contributed by atoms with van der Waals surface area (Å²) in [4.78, 5) is 0. The van der Waals surface area contributed by atoms with Crippen molar-refractivity contribution in [3.05, 3.63) is 0 Å². The molecule has 0 atom stereocenters. The van der Waals surface area contributed by atoms with Crippen LogP contribution in [-0.4, -0.2) is 183 Å². The fraction of sp³-hybridized carbons (Fsp3) is 0. The third-order valence-electron chi connectivity index (χ3n) is 0. The van der Waals surface area contributed by atoms with Gasteiger partial charge in [-0.05, 0) is 0 Å². The summed E-state index contributed by atoms with van der Waals surface area (Å²) in [6.07, 6.45) is 0. The van der Waals surface area contributed by atoms with Crippen molar-refractivity contribution in [2.24, 2.45) is 0 Å². The van der Waals surface area contributed by atoms with Gasteiger partial charge in [0, 0.05) is 183 Å². The van der Waals surface area contributed by atoms with Crippen molar-refractivity contribution in [1.82, 2.24) is 0 Å². The molecule has 0 fully saturated rings. The normalized spacial score (nSPS) is 0. The van der Waals surface area contributed by atoms with Gasteiger partial charge in [0.05, 0.1) is 0 Å². The van der Waals surface area contributed by atoms with Gasteiger partial charge in [0.2, 0.25) is 0 Å². The molecule has 0 saturated heterocycles. The molecule has 8 heavy (non-hydrogen) atoms. The number of hydrogen-bond donors (Lipinski definition) is 0. The van der Waals surface area contributed by atoms with E-state index in [4.69, 9.17) is 0 Å². The standard InChI is InChI=1S/7Bi.HI/h;;;;;;;1H. The molecule has 0 rings (SSSR count). The van der Waals surface area contributed by atoms with Gasteiger partial charge in [0.25, 0.3) is 0 Å². The molecule has 0 spiro atoms. The Morgan fingerprint density at radius 1 is 0.250 bits per heavy atom. The summed E-state index contributed by atoms with van der Waals surface area (Å²) in [6, 6.07) is 0. The maximum Gasteiger partial charge on any atom is 0 e. The maximum absolute atomic E-state index is 0. The van der Waals surface area contributed by atoms with E-state index < -0.39 is 0 Å². The molecule has 0 saturated carbocycles. The second kappa shape index (κ2) is 48.5. The molecule has 0 aliphatic carbocycles. The molecular weight excluding hydrogens is 1590 g/mol. The van der Waals surface area contributed by atoms with E-state index in [-0.39, 0.29) is 207 Å². The summed E-state index contributed by atoms with van der Waals surface area (Å²) in [5.74, 6) is 0. The van der Waals surface area contributed by atoms with Gasteiger partial charge in [-0.25, -0.2) is 0 Å². The largest absolute Gasteiger partial charge is 0.107 e. The van der Waals surface area contributed by atoms with Gasteiger partial charge in [-0.2, -0.15) is 0 Å². The van der Waals surface area contributed by atoms with Crippen molar-refractivity contribution < 1.29 is 0 Å².